The van der Waals surface area contributed by atoms with E-state index < -0.39 is 5.97 Å². The number of hydrogen-bond acceptors (Lipinski definition) is 6. The van der Waals surface area contributed by atoms with Crippen LogP contribution in [0.15, 0.2) is 60.0 Å². The minimum atomic E-state index is -0.611. The van der Waals surface area contributed by atoms with E-state index in [1.54, 1.807) is 31.3 Å². The number of thiazole rings is 1. The Hall–Kier alpha value is -3.19. The quantitative estimate of drug-likeness (QED) is 0.568. The zero-order chi connectivity index (χ0) is 19.9. The molecular weight excluding hydrogens is 376 g/mol. The predicted molar refractivity (Wildman–Crippen MR) is 108 cm³/mol. The lowest BCUT2D eigenvalue weighted by Gasteiger charge is -2.17. The molecule has 7 heteroatoms. The maximum Gasteiger partial charge on any atom is 0.342 e. The standard InChI is InChI=1S/C21H20N2O4S/c1-15-22-16(14-28-15)12-26-19-11-7-6-10-18(19)21(25)27-13-20(24)23(2)17-8-4-3-5-9-17/h3-11,14H,12-13H2,1-2H3. The van der Waals surface area contributed by atoms with Crippen LogP contribution in [-0.2, 0) is 16.1 Å². The summed E-state index contributed by atoms with van der Waals surface area (Å²) < 4.78 is 10.9. The summed E-state index contributed by atoms with van der Waals surface area (Å²) in [4.78, 5) is 30.5. The predicted octanol–water partition coefficient (Wildman–Crippen LogP) is 3.85. The highest BCUT2D eigenvalue weighted by Crippen LogP contribution is 2.21. The van der Waals surface area contributed by atoms with E-state index in [9.17, 15) is 9.59 Å². The Bertz CT molecular complexity index is 956. The van der Waals surface area contributed by atoms with E-state index in [4.69, 9.17) is 9.47 Å². The first-order valence-corrected chi connectivity index (χ1v) is 9.54. The van der Waals surface area contributed by atoms with E-state index >= 15 is 0 Å². The number of aromatic nitrogens is 1. The van der Waals surface area contributed by atoms with Crippen molar-refractivity contribution in [2.45, 2.75) is 13.5 Å². The Morgan fingerprint density at radius 2 is 1.79 bits per heavy atom. The molecule has 0 fully saturated rings. The van der Waals surface area contributed by atoms with E-state index in [-0.39, 0.29) is 24.7 Å². The molecule has 0 saturated heterocycles. The molecule has 3 aromatic rings. The van der Waals surface area contributed by atoms with Gasteiger partial charge in [-0.3, -0.25) is 4.79 Å². The summed E-state index contributed by atoms with van der Waals surface area (Å²) in [6.45, 7) is 1.82. The average Bonchev–Trinajstić information content (AvgIpc) is 3.15. The number of anilines is 1. The van der Waals surface area contributed by atoms with Crippen LogP contribution in [0.1, 0.15) is 21.1 Å². The zero-order valence-corrected chi connectivity index (χ0v) is 16.4. The van der Waals surface area contributed by atoms with E-state index in [1.807, 2.05) is 42.6 Å². The lowest BCUT2D eigenvalue weighted by Crippen LogP contribution is -2.31. The monoisotopic (exact) mass is 396 g/mol. The summed E-state index contributed by atoms with van der Waals surface area (Å²) in [6, 6.07) is 15.9. The number of nitrogens with zero attached hydrogens (tertiary/aromatic N) is 2. The van der Waals surface area contributed by atoms with Gasteiger partial charge in [-0.2, -0.15) is 0 Å². The van der Waals surface area contributed by atoms with Crippen LogP contribution in [0.2, 0.25) is 0 Å². The van der Waals surface area contributed by atoms with Crippen molar-refractivity contribution in [3.05, 3.63) is 76.2 Å². The van der Waals surface area contributed by atoms with Gasteiger partial charge in [0, 0.05) is 18.1 Å². The summed E-state index contributed by atoms with van der Waals surface area (Å²) in [5, 5.41) is 2.86. The number of likely N-dealkylation sites (N-methyl/N-ethyl adjacent to an activating group) is 1. The Morgan fingerprint density at radius 1 is 1.07 bits per heavy atom. The van der Waals surface area contributed by atoms with Gasteiger partial charge >= 0.3 is 5.97 Å². The van der Waals surface area contributed by atoms with Crippen LogP contribution in [0.5, 0.6) is 5.75 Å². The number of hydrogen-bond donors (Lipinski definition) is 0. The fraction of sp³-hybridized carbons (Fsp3) is 0.190. The summed E-state index contributed by atoms with van der Waals surface area (Å²) in [5.74, 6) is -0.544. The van der Waals surface area contributed by atoms with Crippen molar-refractivity contribution in [2.75, 3.05) is 18.6 Å². The van der Waals surface area contributed by atoms with Crippen LogP contribution < -0.4 is 9.64 Å². The van der Waals surface area contributed by atoms with E-state index in [0.29, 0.717) is 5.75 Å². The molecule has 0 atom stereocenters. The molecule has 0 aliphatic carbocycles. The Kier molecular flexibility index (Phi) is 6.39. The highest BCUT2D eigenvalue weighted by Gasteiger charge is 2.18. The molecule has 1 aromatic heterocycles. The van der Waals surface area contributed by atoms with Gasteiger partial charge in [-0.25, -0.2) is 9.78 Å². The second-order valence-corrected chi connectivity index (χ2v) is 7.07. The molecule has 28 heavy (non-hydrogen) atoms. The van der Waals surface area contributed by atoms with Gasteiger partial charge in [0.15, 0.2) is 6.61 Å². The highest BCUT2D eigenvalue weighted by molar-refractivity contribution is 7.09. The number of carbonyl (C=O) groups excluding carboxylic acids is 2. The number of aryl methyl sites for hydroxylation is 1. The molecular formula is C21H20N2O4S. The zero-order valence-electron chi connectivity index (χ0n) is 15.6. The molecule has 0 spiro atoms. The average molecular weight is 396 g/mol. The van der Waals surface area contributed by atoms with Crippen molar-refractivity contribution in [2.24, 2.45) is 0 Å². The number of esters is 1. The largest absolute Gasteiger partial charge is 0.486 e. The van der Waals surface area contributed by atoms with Gasteiger partial charge in [0.1, 0.15) is 17.9 Å². The molecule has 1 amide bonds. The Labute approximate surface area is 167 Å². The maximum absolute atomic E-state index is 12.5. The van der Waals surface area contributed by atoms with Crippen molar-refractivity contribution in [1.82, 2.24) is 4.98 Å². The molecule has 1 heterocycles. The number of benzene rings is 2. The van der Waals surface area contributed by atoms with Gasteiger partial charge in [0.25, 0.3) is 5.91 Å². The molecule has 0 radical (unpaired) electrons. The van der Waals surface area contributed by atoms with Crippen molar-refractivity contribution < 1.29 is 19.1 Å². The molecule has 0 aliphatic rings. The molecule has 0 aliphatic heterocycles. The van der Waals surface area contributed by atoms with Crippen LogP contribution >= 0.6 is 11.3 Å². The maximum atomic E-state index is 12.5. The molecule has 144 valence electrons. The fourth-order valence-electron chi connectivity index (χ4n) is 2.48. The summed E-state index contributed by atoms with van der Waals surface area (Å²) in [6.07, 6.45) is 0. The topological polar surface area (TPSA) is 68.7 Å². The second kappa shape index (κ2) is 9.14. The third-order valence-electron chi connectivity index (χ3n) is 3.99. The normalized spacial score (nSPS) is 10.4. The molecule has 0 saturated carbocycles. The Morgan fingerprint density at radius 3 is 2.50 bits per heavy atom. The lowest BCUT2D eigenvalue weighted by molar-refractivity contribution is -0.121. The summed E-state index contributed by atoms with van der Waals surface area (Å²) in [7, 11) is 1.64. The molecule has 6 nitrogen and oxygen atoms in total. The van der Waals surface area contributed by atoms with Gasteiger partial charge in [0.2, 0.25) is 0 Å². The number of carbonyl (C=O) groups is 2. The molecule has 0 bridgehead atoms. The smallest absolute Gasteiger partial charge is 0.342 e. The van der Waals surface area contributed by atoms with Crippen LogP contribution in [-0.4, -0.2) is 30.5 Å². The minimum absolute atomic E-state index is 0.254. The first-order valence-electron chi connectivity index (χ1n) is 8.66. The molecule has 0 N–H and O–H groups in total. The molecule has 2 aromatic carbocycles. The van der Waals surface area contributed by atoms with E-state index in [1.165, 1.54) is 16.2 Å². The second-order valence-electron chi connectivity index (χ2n) is 6.01. The summed E-state index contributed by atoms with van der Waals surface area (Å²) >= 11 is 1.54. The van der Waals surface area contributed by atoms with Crippen LogP contribution in [0.4, 0.5) is 5.69 Å². The summed E-state index contributed by atoms with van der Waals surface area (Å²) in [5.41, 5.74) is 1.79. The first-order chi connectivity index (χ1) is 13.5. The van der Waals surface area contributed by atoms with Gasteiger partial charge in [0.05, 0.1) is 10.7 Å². The number of para-hydroxylation sites is 2. The number of ether oxygens (including phenoxy) is 2. The van der Waals surface area contributed by atoms with E-state index in [0.717, 1.165) is 16.4 Å². The van der Waals surface area contributed by atoms with Crippen molar-refractivity contribution in [3.63, 3.8) is 0 Å². The van der Waals surface area contributed by atoms with Crippen LogP contribution in [0.25, 0.3) is 0 Å². The van der Waals surface area contributed by atoms with Gasteiger partial charge < -0.3 is 14.4 Å². The molecule has 0 unspecified atom stereocenters. The SMILES string of the molecule is Cc1nc(COc2ccccc2C(=O)OCC(=O)N(C)c2ccccc2)cs1. The Balaban J connectivity index is 1.60. The lowest BCUT2D eigenvalue weighted by atomic mass is 10.2. The molecule has 3 rings (SSSR count). The first kappa shape index (κ1) is 19.6. The fourth-order valence-corrected chi connectivity index (χ4v) is 3.08. The van der Waals surface area contributed by atoms with E-state index in [2.05, 4.69) is 4.98 Å². The van der Waals surface area contributed by atoms with Crippen molar-refractivity contribution >= 4 is 28.9 Å². The number of amides is 1. The van der Waals surface area contributed by atoms with Crippen LogP contribution in [0, 0.1) is 6.92 Å². The van der Waals surface area contributed by atoms with Gasteiger partial charge in [-0.15, -0.1) is 11.3 Å². The number of rotatable bonds is 7. The van der Waals surface area contributed by atoms with Crippen molar-refractivity contribution in [3.8, 4) is 5.75 Å². The third-order valence-corrected chi connectivity index (χ3v) is 4.82. The van der Waals surface area contributed by atoms with Crippen molar-refractivity contribution in [1.29, 1.82) is 0 Å². The minimum Gasteiger partial charge on any atom is -0.486 e. The highest BCUT2D eigenvalue weighted by atomic mass is 32.1. The van der Waals surface area contributed by atoms with Crippen LogP contribution in [0.3, 0.4) is 0 Å². The third kappa shape index (κ3) is 4.95. The van der Waals surface area contributed by atoms with Gasteiger partial charge in [-0.1, -0.05) is 30.3 Å². The van der Waals surface area contributed by atoms with Gasteiger partial charge in [-0.05, 0) is 31.2 Å².